The van der Waals surface area contributed by atoms with Crippen LogP contribution in [0.5, 0.6) is 5.75 Å². The summed E-state index contributed by atoms with van der Waals surface area (Å²) in [6.07, 6.45) is 2.13. The van der Waals surface area contributed by atoms with Gasteiger partial charge in [-0.25, -0.2) is 0 Å². The number of benzene rings is 1. The first-order valence-electron chi connectivity index (χ1n) is 11.3. The number of halogens is 1. The quantitative estimate of drug-likeness (QED) is 0.480. The Morgan fingerprint density at radius 3 is 2.78 bits per heavy atom. The molecule has 0 radical (unpaired) electrons. The Balaban J connectivity index is 1.76. The minimum Gasteiger partial charge on any atom is -0.491 e. The van der Waals surface area contributed by atoms with Crippen molar-refractivity contribution in [3.8, 4) is 5.75 Å². The van der Waals surface area contributed by atoms with Gasteiger partial charge in [0.15, 0.2) is 0 Å². The van der Waals surface area contributed by atoms with Gasteiger partial charge in [0, 0.05) is 29.4 Å². The van der Waals surface area contributed by atoms with Gasteiger partial charge in [0.2, 0.25) is 11.8 Å². The third-order valence-corrected chi connectivity index (χ3v) is 7.13. The Bertz CT molecular complexity index is 943. The predicted molar refractivity (Wildman–Crippen MR) is 130 cm³/mol. The van der Waals surface area contributed by atoms with Crippen molar-refractivity contribution in [1.82, 2.24) is 9.80 Å². The highest BCUT2D eigenvalue weighted by atomic mass is 35.5. The van der Waals surface area contributed by atoms with Crippen molar-refractivity contribution in [1.29, 1.82) is 0 Å². The Morgan fingerprint density at radius 1 is 1.31 bits per heavy atom. The third-order valence-electron chi connectivity index (χ3n) is 5.71. The number of aryl methyl sites for hydroxylation is 1. The van der Waals surface area contributed by atoms with Gasteiger partial charge < -0.3 is 14.5 Å². The average Bonchev–Trinajstić information content (AvgIpc) is 3.22. The molecular weight excluding hydrogens is 444 g/mol. The van der Waals surface area contributed by atoms with Crippen molar-refractivity contribution in [2.45, 2.75) is 53.0 Å². The standard InChI is InChI=1S/C25H33ClN2O3S/c1-5-10-27(24(29)13-17(2)3)15-25(30)28-11-8-23-20(9-12-32-23)22(28)16-31-19-6-7-21(26)18(4)14-19/h6-7,9,12,14,17,22H,5,8,10-11,13,15-16H2,1-4H3. The summed E-state index contributed by atoms with van der Waals surface area (Å²) in [5.41, 5.74) is 2.10. The van der Waals surface area contributed by atoms with Gasteiger partial charge in [-0.2, -0.15) is 0 Å². The summed E-state index contributed by atoms with van der Waals surface area (Å²) in [4.78, 5) is 31.0. The molecule has 1 unspecified atom stereocenters. The van der Waals surface area contributed by atoms with Gasteiger partial charge in [0.25, 0.3) is 0 Å². The molecule has 1 atom stereocenters. The summed E-state index contributed by atoms with van der Waals surface area (Å²) in [7, 11) is 0. The molecule has 2 heterocycles. The van der Waals surface area contributed by atoms with Crippen LogP contribution < -0.4 is 4.74 Å². The number of thiophene rings is 1. The van der Waals surface area contributed by atoms with E-state index in [1.165, 1.54) is 4.88 Å². The first-order chi connectivity index (χ1) is 15.3. The number of hydrogen-bond donors (Lipinski definition) is 0. The fourth-order valence-corrected chi connectivity index (χ4v) is 5.10. The molecule has 0 aliphatic carbocycles. The largest absolute Gasteiger partial charge is 0.491 e. The zero-order valence-electron chi connectivity index (χ0n) is 19.4. The highest BCUT2D eigenvalue weighted by Gasteiger charge is 2.33. The lowest BCUT2D eigenvalue weighted by Crippen LogP contribution is -2.48. The molecular formula is C25H33ClN2O3S. The van der Waals surface area contributed by atoms with E-state index in [4.69, 9.17) is 16.3 Å². The number of rotatable bonds is 9. The van der Waals surface area contributed by atoms with Gasteiger partial charge in [-0.05, 0) is 66.5 Å². The monoisotopic (exact) mass is 476 g/mol. The minimum absolute atomic E-state index is 0.0201. The molecule has 5 nitrogen and oxygen atoms in total. The van der Waals surface area contributed by atoms with E-state index < -0.39 is 0 Å². The van der Waals surface area contributed by atoms with Crippen LogP contribution in [0.15, 0.2) is 29.6 Å². The van der Waals surface area contributed by atoms with Crippen molar-refractivity contribution >= 4 is 34.8 Å². The number of amides is 2. The smallest absolute Gasteiger partial charge is 0.242 e. The topological polar surface area (TPSA) is 49.9 Å². The van der Waals surface area contributed by atoms with Gasteiger partial charge in [-0.1, -0.05) is 32.4 Å². The lowest BCUT2D eigenvalue weighted by Gasteiger charge is -2.37. The van der Waals surface area contributed by atoms with Crippen LogP contribution in [0.4, 0.5) is 0 Å². The van der Waals surface area contributed by atoms with E-state index in [1.807, 2.05) is 50.8 Å². The normalized spacial score (nSPS) is 15.6. The molecule has 1 aliphatic heterocycles. The number of hydrogen-bond acceptors (Lipinski definition) is 4. The van der Waals surface area contributed by atoms with Crippen LogP contribution in [0, 0.1) is 12.8 Å². The first-order valence-corrected chi connectivity index (χ1v) is 12.6. The molecule has 1 aliphatic rings. The average molecular weight is 477 g/mol. The first kappa shape index (κ1) is 24.6. The van der Waals surface area contributed by atoms with Crippen LogP contribution in [0.3, 0.4) is 0 Å². The Kier molecular flexibility index (Phi) is 8.60. The van der Waals surface area contributed by atoms with E-state index in [0.29, 0.717) is 31.1 Å². The van der Waals surface area contributed by atoms with E-state index in [2.05, 4.69) is 11.4 Å². The van der Waals surface area contributed by atoms with Crippen molar-refractivity contribution in [2.75, 3.05) is 26.2 Å². The molecule has 7 heteroatoms. The van der Waals surface area contributed by atoms with Crippen molar-refractivity contribution in [2.24, 2.45) is 5.92 Å². The third kappa shape index (κ3) is 6.04. The molecule has 0 spiro atoms. The van der Waals surface area contributed by atoms with E-state index >= 15 is 0 Å². The van der Waals surface area contributed by atoms with Crippen LogP contribution in [0.2, 0.25) is 5.02 Å². The summed E-state index contributed by atoms with van der Waals surface area (Å²) < 4.78 is 6.11. The van der Waals surface area contributed by atoms with Crippen LogP contribution in [0.25, 0.3) is 0 Å². The molecule has 2 aromatic rings. The molecule has 174 valence electrons. The second-order valence-corrected chi connectivity index (χ2v) is 10.2. The van der Waals surface area contributed by atoms with E-state index in [9.17, 15) is 9.59 Å². The van der Waals surface area contributed by atoms with Crippen LogP contribution in [0.1, 0.15) is 55.7 Å². The maximum atomic E-state index is 13.4. The lowest BCUT2D eigenvalue weighted by molar-refractivity contribution is -0.143. The highest BCUT2D eigenvalue weighted by molar-refractivity contribution is 7.10. The maximum Gasteiger partial charge on any atom is 0.242 e. The summed E-state index contributed by atoms with van der Waals surface area (Å²) in [5, 5.41) is 2.78. The van der Waals surface area contributed by atoms with Crippen molar-refractivity contribution in [3.05, 3.63) is 50.7 Å². The molecule has 32 heavy (non-hydrogen) atoms. The Labute approximate surface area is 200 Å². The second kappa shape index (κ2) is 11.2. The maximum absolute atomic E-state index is 13.4. The SMILES string of the molecule is CCCN(CC(=O)N1CCc2sccc2C1COc1ccc(Cl)c(C)c1)C(=O)CC(C)C. The summed E-state index contributed by atoms with van der Waals surface area (Å²) in [5.74, 6) is 1.03. The summed E-state index contributed by atoms with van der Waals surface area (Å²) in [6.45, 7) is 9.75. The van der Waals surface area contributed by atoms with Crippen LogP contribution in [-0.4, -0.2) is 47.9 Å². The van der Waals surface area contributed by atoms with E-state index in [0.717, 1.165) is 29.7 Å². The molecule has 3 rings (SSSR count). The molecule has 0 N–H and O–H groups in total. The number of fused-ring (bicyclic) bond motifs is 1. The predicted octanol–water partition coefficient (Wildman–Crippen LogP) is 5.50. The number of ether oxygens (including phenoxy) is 1. The molecule has 0 saturated carbocycles. The van der Waals surface area contributed by atoms with Gasteiger partial charge in [-0.15, -0.1) is 11.3 Å². The molecule has 1 aromatic heterocycles. The molecule has 1 aromatic carbocycles. The molecule has 0 saturated heterocycles. The van der Waals surface area contributed by atoms with Gasteiger partial charge >= 0.3 is 0 Å². The molecule has 0 bridgehead atoms. The lowest BCUT2D eigenvalue weighted by atomic mass is 10.00. The summed E-state index contributed by atoms with van der Waals surface area (Å²) >= 11 is 7.87. The minimum atomic E-state index is -0.169. The highest BCUT2D eigenvalue weighted by Crippen LogP contribution is 2.34. The van der Waals surface area contributed by atoms with Gasteiger partial charge in [0.1, 0.15) is 12.4 Å². The molecule has 0 fully saturated rings. The van der Waals surface area contributed by atoms with Gasteiger partial charge in [-0.3, -0.25) is 9.59 Å². The van der Waals surface area contributed by atoms with E-state index in [-0.39, 0.29) is 30.3 Å². The fraction of sp³-hybridized carbons (Fsp3) is 0.520. The molecule has 2 amide bonds. The Morgan fingerprint density at radius 2 is 2.09 bits per heavy atom. The number of nitrogens with zero attached hydrogens (tertiary/aromatic N) is 2. The zero-order chi connectivity index (χ0) is 23.3. The van der Waals surface area contributed by atoms with Crippen LogP contribution in [-0.2, 0) is 16.0 Å². The zero-order valence-corrected chi connectivity index (χ0v) is 21.0. The number of carbonyl (C=O) groups is 2. The van der Waals surface area contributed by atoms with Gasteiger partial charge in [0.05, 0.1) is 12.6 Å². The summed E-state index contributed by atoms with van der Waals surface area (Å²) in [6, 6.07) is 7.52. The van der Waals surface area contributed by atoms with E-state index in [1.54, 1.807) is 16.2 Å². The number of carbonyl (C=O) groups excluding carboxylic acids is 2. The fourth-order valence-electron chi connectivity index (χ4n) is 4.05. The van der Waals surface area contributed by atoms with Crippen molar-refractivity contribution < 1.29 is 14.3 Å². The second-order valence-electron chi connectivity index (χ2n) is 8.79. The Hall–Kier alpha value is -2.05. The van der Waals surface area contributed by atoms with Crippen molar-refractivity contribution in [3.63, 3.8) is 0 Å². The van der Waals surface area contributed by atoms with Crippen LogP contribution >= 0.6 is 22.9 Å².